The molecule has 104 valence electrons. The fraction of sp³-hybridized carbons (Fsp3) is 0.385. The van der Waals surface area contributed by atoms with Gasteiger partial charge in [0.2, 0.25) is 0 Å². The number of aliphatic carboxylic acids is 1. The maximum absolute atomic E-state index is 12.6. The van der Waals surface area contributed by atoms with Crippen LogP contribution in [0, 0.1) is 11.7 Å². The molecular weight excluding hydrogens is 251 g/mol. The van der Waals surface area contributed by atoms with Gasteiger partial charge in [-0.05, 0) is 24.1 Å². The number of carbonyl (C=O) groups is 2. The Bertz CT molecular complexity index is 434. The van der Waals surface area contributed by atoms with Crippen molar-refractivity contribution in [2.45, 2.75) is 19.9 Å². The lowest BCUT2D eigenvalue weighted by Crippen LogP contribution is -2.36. The van der Waals surface area contributed by atoms with Crippen molar-refractivity contribution in [3.05, 3.63) is 35.6 Å². The zero-order valence-electron chi connectivity index (χ0n) is 10.6. The average Bonchev–Trinajstić information content (AvgIpc) is 2.37. The molecule has 1 atom stereocenters. The fourth-order valence-corrected chi connectivity index (χ4v) is 1.37. The number of urea groups is 1. The average molecular weight is 268 g/mol. The number of carboxylic acids is 1. The van der Waals surface area contributed by atoms with Crippen LogP contribution in [0.1, 0.15) is 18.9 Å². The Labute approximate surface area is 110 Å². The second kappa shape index (κ2) is 7.35. The molecule has 0 saturated carbocycles. The second-order valence-corrected chi connectivity index (χ2v) is 4.26. The summed E-state index contributed by atoms with van der Waals surface area (Å²) in [5, 5.41) is 13.8. The highest BCUT2D eigenvalue weighted by molar-refractivity contribution is 5.74. The van der Waals surface area contributed by atoms with Gasteiger partial charge in [0.15, 0.2) is 0 Å². The number of hydrogen-bond donors (Lipinski definition) is 3. The number of carboxylic acid groups (broad SMARTS) is 1. The van der Waals surface area contributed by atoms with Crippen molar-refractivity contribution in [3.63, 3.8) is 0 Å². The van der Waals surface area contributed by atoms with Crippen molar-refractivity contribution < 1.29 is 19.1 Å². The number of rotatable bonds is 6. The Morgan fingerprint density at radius 1 is 1.26 bits per heavy atom. The van der Waals surface area contributed by atoms with Gasteiger partial charge in [0.05, 0.1) is 5.92 Å². The van der Waals surface area contributed by atoms with Gasteiger partial charge in [0.1, 0.15) is 5.82 Å². The van der Waals surface area contributed by atoms with E-state index in [2.05, 4.69) is 10.6 Å². The van der Waals surface area contributed by atoms with Crippen LogP contribution in [0.2, 0.25) is 0 Å². The molecule has 19 heavy (non-hydrogen) atoms. The van der Waals surface area contributed by atoms with Crippen LogP contribution in [-0.2, 0) is 11.3 Å². The van der Waals surface area contributed by atoms with Gasteiger partial charge in [-0.1, -0.05) is 19.1 Å². The van der Waals surface area contributed by atoms with E-state index in [0.29, 0.717) is 19.5 Å². The summed E-state index contributed by atoms with van der Waals surface area (Å²) in [5.74, 6) is -1.69. The van der Waals surface area contributed by atoms with Gasteiger partial charge in [-0.2, -0.15) is 0 Å². The molecule has 0 fully saturated rings. The molecule has 0 bridgehead atoms. The predicted molar refractivity (Wildman–Crippen MR) is 68.1 cm³/mol. The van der Waals surface area contributed by atoms with Crippen LogP contribution in [0.25, 0.3) is 0 Å². The lowest BCUT2D eigenvalue weighted by molar-refractivity contribution is -0.141. The predicted octanol–water partition coefficient (Wildman–Crippen LogP) is 1.74. The third-order valence-corrected chi connectivity index (χ3v) is 2.65. The molecule has 0 saturated heterocycles. The van der Waals surface area contributed by atoms with Gasteiger partial charge in [-0.3, -0.25) is 4.79 Å². The zero-order valence-corrected chi connectivity index (χ0v) is 10.6. The Balaban J connectivity index is 2.21. The smallest absolute Gasteiger partial charge is 0.315 e. The lowest BCUT2D eigenvalue weighted by Gasteiger charge is -2.09. The minimum absolute atomic E-state index is 0.292. The van der Waals surface area contributed by atoms with Gasteiger partial charge >= 0.3 is 12.0 Å². The van der Waals surface area contributed by atoms with E-state index in [9.17, 15) is 14.0 Å². The summed E-state index contributed by atoms with van der Waals surface area (Å²) in [6, 6.07) is 5.44. The van der Waals surface area contributed by atoms with Crippen molar-refractivity contribution in [1.29, 1.82) is 0 Å². The summed E-state index contributed by atoms with van der Waals surface area (Å²) in [6.07, 6.45) is 0.374. The molecule has 1 aromatic rings. The van der Waals surface area contributed by atoms with Crippen molar-refractivity contribution >= 4 is 12.0 Å². The summed E-state index contributed by atoms with van der Waals surface area (Å²) in [7, 11) is 0. The summed E-state index contributed by atoms with van der Waals surface area (Å²) < 4.78 is 12.6. The third-order valence-electron chi connectivity index (χ3n) is 2.65. The van der Waals surface area contributed by atoms with E-state index in [4.69, 9.17) is 5.11 Å². The lowest BCUT2D eigenvalue weighted by atomic mass is 10.1. The number of nitrogens with one attached hydrogen (secondary N) is 2. The SMILES string of the molecule is CC(CCNC(=O)NCc1ccc(F)cc1)C(=O)O. The molecule has 0 aromatic heterocycles. The molecule has 0 heterocycles. The Morgan fingerprint density at radius 3 is 2.47 bits per heavy atom. The van der Waals surface area contributed by atoms with Crippen molar-refractivity contribution in [1.82, 2.24) is 10.6 Å². The van der Waals surface area contributed by atoms with E-state index in [1.54, 1.807) is 19.1 Å². The molecule has 0 radical (unpaired) electrons. The van der Waals surface area contributed by atoms with Crippen LogP contribution in [0.15, 0.2) is 24.3 Å². The van der Waals surface area contributed by atoms with Gasteiger partial charge in [0.25, 0.3) is 0 Å². The fourth-order valence-electron chi connectivity index (χ4n) is 1.37. The van der Waals surface area contributed by atoms with E-state index in [-0.39, 0.29) is 11.8 Å². The van der Waals surface area contributed by atoms with Crippen molar-refractivity contribution in [2.75, 3.05) is 6.54 Å². The standard InChI is InChI=1S/C13H17FN2O3/c1-9(12(17)18)6-7-15-13(19)16-8-10-2-4-11(14)5-3-10/h2-5,9H,6-8H2,1H3,(H,17,18)(H2,15,16,19). The van der Waals surface area contributed by atoms with Gasteiger partial charge in [-0.15, -0.1) is 0 Å². The van der Waals surface area contributed by atoms with Crippen molar-refractivity contribution in [3.8, 4) is 0 Å². The van der Waals surface area contributed by atoms with Crippen LogP contribution >= 0.6 is 0 Å². The quantitative estimate of drug-likeness (QED) is 0.735. The zero-order chi connectivity index (χ0) is 14.3. The molecule has 3 N–H and O–H groups in total. The highest BCUT2D eigenvalue weighted by Crippen LogP contribution is 2.02. The van der Waals surface area contributed by atoms with Crippen LogP contribution in [-0.4, -0.2) is 23.7 Å². The first-order valence-electron chi connectivity index (χ1n) is 5.98. The van der Waals surface area contributed by atoms with E-state index in [1.165, 1.54) is 12.1 Å². The molecule has 0 aliphatic carbocycles. The van der Waals surface area contributed by atoms with Crippen LogP contribution in [0.3, 0.4) is 0 Å². The number of amides is 2. The minimum atomic E-state index is -0.881. The third kappa shape index (κ3) is 5.85. The minimum Gasteiger partial charge on any atom is -0.481 e. The molecule has 5 nitrogen and oxygen atoms in total. The van der Waals surface area contributed by atoms with E-state index in [0.717, 1.165) is 5.56 Å². The normalized spacial score (nSPS) is 11.7. The molecule has 1 aromatic carbocycles. The summed E-state index contributed by atoms with van der Waals surface area (Å²) in [5.41, 5.74) is 0.787. The van der Waals surface area contributed by atoms with Crippen LogP contribution in [0.4, 0.5) is 9.18 Å². The highest BCUT2D eigenvalue weighted by Gasteiger charge is 2.10. The number of benzene rings is 1. The van der Waals surface area contributed by atoms with Gasteiger partial charge < -0.3 is 15.7 Å². The molecule has 1 unspecified atom stereocenters. The first-order chi connectivity index (χ1) is 8.99. The second-order valence-electron chi connectivity index (χ2n) is 4.26. The van der Waals surface area contributed by atoms with E-state index < -0.39 is 11.9 Å². The Morgan fingerprint density at radius 2 is 1.89 bits per heavy atom. The maximum Gasteiger partial charge on any atom is 0.315 e. The van der Waals surface area contributed by atoms with Gasteiger partial charge in [0, 0.05) is 13.1 Å². The summed E-state index contributed by atoms with van der Waals surface area (Å²) in [4.78, 5) is 21.9. The molecule has 0 spiro atoms. The molecule has 0 aliphatic heterocycles. The number of halogens is 1. The maximum atomic E-state index is 12.6. The van der Waals surface area contributed by atoms with Crippen molar-refractivity contribution in [2.24, 2.45) is 5.92 Å². The molecule has 6 heteroatoms. The molecule has 0 aliphatic rings. The van der Waals surface area contributed by atoms with E-state index >= 15 is 0 Å². The number of carbonyl (C=O) groups excluding carboxylic acids is 1. The first-order valence-corrected chi connectivity index (χ1v) is 5.98. The first kappa shape index (κ1) is 14.9. The van der Waals surface area contributed by atoms with E-state index in [1.807, 2.05) is 0 Å². The Hall–Kier alpha value is -2.11. The summed E-state index contributed by atoms with van der Waals surface area (Å²) in [6.45, 7) is 2.17. The Kier molecular flexibility index (Phi) is 5.78. The van der Waals surface area contributed by atoms with Crippen LogP contribution < -0.4 is 10.6 Å². The topological polar surface area (TPSA) is 78.4 Å². The number of hydrogen-bond acceptors (Lipinski definition) is 2. The molecule has 2 amide bonds. The highest BCUT2D eigenvalue weighted by atomic mass is 19.1. The largest absolute Gasteiger partial charge is 0.481 e. The van der Waals surface area contributed by atoms with Crippen LogP contribution in [0.5, 0.6) is 0 Å². The van der Waals surface area contributed by atoms with Gasteiger partial charge in [-0.25, -0.2) is 9.18 Å². The molecule has 1 rings (SSSR count). The monoisotopic (exact) mass is 268 g/mol. The molecular formula is C13H17FN2O3. The summed E-state index contributed by atoms with van der Waals surface area (Å²) >= 11 is 0.